The van der Waals surface area contributed by atoms with E-state index in [-0.39, 0.29) is 6.42 Å². The number of aryl methyl sites for hydroxylation is 2. The first-order valence-corrected chi connectivity index (χ1v) is 5.70. The van der Waals surface area contributed by atoms with E-state index in [1.54, 1.807) is 24.1 Å². The molecule has 1 aromatic heterocycles. The van der Waals surface area contributed by atoms with E-state index in [0.29, 0.717) is 6.42 Å². The quantitative estimate of drug-likeness (QED) is 0.738. The highest BCUT2D eigenvalue weighted by Crippen LogP contribution is 2.22. The molecule has 1 heterocycles. The van der Waals surface area contributed by atoms with E-state index in [2.05, 4.69) is 9.84 Å². The smallest absolute Gasteiger partial charge is 0.330 e. The van der Waals surface area contributed by atoms with E-state index < -0.39 is 31.7 Å². The van der Waals surface area contributed by atoms with Gasteiger partial charge >= 0.3 is 12.3 Å². The zero-order valence-electron chi connectivity index (χ0n) is 10.4. The predicted octanol–water partition coefficient (Wildman–Crippen LogP) is 1.63. The molecule has 0 saturated carbocycles. The van der Waals surface area contributed by atoms with Gasteiger partial charge in [-0.25, -0.2) is 8.78 Å². The molecule has 8 heteroatoms. The van der Waals surface area contributed by atoms with Crippen molar-refractivity contribution in [1.29, 1.82) is 0 Å². The first kappa shape index (κ1) is 15.9. The summed E-state index contributed by atoms with van der Waals surface area (Å²) in [7, 11) is 1.75. The molecule has 19 heavy (non-hydrogen) atoms. The molecule has 0 aromatic carbocycles. The molecule has 0 amide bonds. The lowest BCUT2D eigenvalue weighted by Gasteiger charge is -2.16. The Morgan fingerprint density at radius 3 is 2.68 bits per heavy atom. The van der Waals surface area contributed by atoms with Gasteiger partial charge in [0.25, 0.3) is 0 Å². The largest absolute Gasteiger partial charge is 0.391 e. The van der Waals surface area contributed by atoms with Crippen molar-refractivity contribution in [2.45, 2.75) is 31.3 Å². The molecular formula is C11H16F4N2O2. The van der Waals surface area contributed by atoms with Crippen LogP contribution >= 0.6 is 0 Å². The molecular weight excluding hydrogens is 268 g/mol. The molecule has 0 aliphatic heterocycles. The van der Waals surface area contributed by atoms with Gasteiger partial charge in [-0.3, -0.25) is 4.68 Å². The second-order valence-corrected chi connectivity index (χ2v) is 4.29. The monoisotopic (exact) mass is 284 g/mol. The fourth-order valence-electron chi connectivity index (χ4n) is 1.41. The lowest BCUT2D eigenvalue weighted by Crippen LogP contribution is -2.33. The Balaban J connectivity index is 2.19. The highest BCUT2D eigenvalue weighted by atomic mass is 19.3. The molecule has 1 rings (SSSR count). The van der Waals surface area contributed by atoms with Crippen LogP contribution < -0.4 is 0 Å². The van der Waals surface area contributed by atoms with Crippen LogP contribution in [0.1, 0.15) is 12.0 Å². The van der Waals surface area contributed by atoms with Gasteiger partial charge in [0.2, 0.25) is 0 Å². The lowest BCUT2D eigenvalue weighted by molar-refractivity contribution is -0.170. The van der Waals surface area contributed by atoms with E-state index in [1.165, 1.54) is 0 Å². The van der Waals surface area contributed by atoms with E-state index in [0.717, 1.165) is 5.56 Å². The van der Waals surface area contributed by atoms with Crippen LogP contribution in [0.4, 0.5) is 17.6 Å². The molecule has 1 unspecified atom stereocenters. The van der Waals surface area contributed by atoms with Crippen molar-refractivity contribution in [3.8, 4) is 0 Å². The maximum atomic E-state index is 12.5. The third-order valence-corrected chi connectivity index (χ3v) is 2.45. The maximum absolute atomic E-state index is 12.5. The van der Waals surface area contributed by atoms with Crippen molar-refractivity contribution < 1.29 is 27.4 Å². The van der Waals surface area contributed by atoms with Gasteiger partial charge < -0.3 is 9.84 Å². The van der Waals surface area contributed by atoms with Crippen molar-refractivity contribution in [1.82, 2.24) is 9.78 Å². The highest BCUT2D eigenvalue weighted by molar-refractivity contribution is 5.03. The second kappa shape index (κ2) is 6.85. The van der Waals surface area contributed by atoms with Crippen molar-refractivity contribution in [2.24, 2.45) is 7.05 Å². The molecule has 0 spiro atoms. The number of hydrogen-bond donors (Lipinski definition) is 1. The Morgan fingerprint density at radius 1 is 1.47 bits per heavy atom. The summed E-state index contributed by atoms with van der Waals surface area (Å²) in [6.07, 6.45) is -0.569. The number of halogens is 4. The zero-order valence-corrected chi connectivity index (χ0v) is 10.4. The van der Waals surface area contributed by atoms with Crippen LogP contribution in [0.25, 0.3) is 0 Å². The molecule has 110 valence electrons. The van der Waals surface area contributed by atoms with Crippen molar-refractivity contribution in [2.75, 3.05) is 13.2 Å². The number of ether oxygens (including phenoxy) is 1. The third-order valence-electron chi connectivity index (χ3n) is 2.45. The summed E-state index contributed by atoms with van der Waals surface area (Å²) < 4.78 is 54.6. The molecule has 0 aliphatic rings. The number of aliphatic hydroxyl groups excluding tert-OH is 1. The van der Waals surface area contributed by atoms with Gasteiger partial charge in [0, 0.05) is 13.2 Å². The fourth-order valence-corrected chi connectivity index (χ4v) is 1.41. The molecule has 0 bridgehead atoms. The van der Waals surface area contributed by atoms with Crippen molar-refractivity contribution in [3.63, 3.8) is 0 Å². The van der Waals surface area contributed by atoms with Crippen LogP contribution in [0.2, 0.25) is 0 Å². The zero-order chi connectivity index (χ0) is 14.5. The topological polar surface area (TPSA) is 47.3 Å². The minimum absolute atomic E-state index is 0.284. The SMILES string of the molecule is Cn1cc(CCC(O)COCC(F)(F)C(F)F)cn1. The van der Waals surface area contributed by atoms with Gasteiger partial charge in [-0.15, -0.1) is 0 Å². The maximum Gasteiger partial charge on any atom is 0.330 e. The Morgan fingerprint density at radius 2 is 2.16 bits per heavy atom. The first-order valence-electron chi connectivity index (χ1n) is 5.70. The lowest BCUT2D eigenvalue weighted by atomic mass is 10.1. The predicted molar refractivity (Wildman–Crippen MR) is 59.3 cm³/mol. The van der Waals surface area contributed by atoms with E-state index in [9.17, 15) is 22.7 Å². The number of aliphatic hydroxyl groups is 1. The summed E-state index contributed by atoms with van der Waals surface area (Å²) in [6.45, 7) is -1.79. The first-order chi connectivity index (χ1) is 8.81. The van der Waals surface area contributed by atoms with Crippen LogP contribution in [0, 0.1) is 0 Å². The van der Waals surface area contributed by atoms with E-state index in [4.69, 9.17) is 0 Å². The Labute approximate surface area is 108 Å². The summed E-state index contributed by atoms with van der Waals surface area (Å²) >= 11 is 0. The summed E-state index contributed by atoms with van der Waals surface area (Å²) in [6, 6.07) is 0. The van der Waals surface area contributed by atoms with Crippen molar-refractivity contribution in [3.05, 3.63) is 18.0 Å². The molecule has 4 nitrogen and oxygen atoms in total. The molecule has 0 aliphatic carbocycles. The Bertz CT molecular complexity index is 385. The highest BCUT2D eigenvalue weighted by Gasteiger charge is 2.41. The number of alkyl halides is 4. The minimum Gasteiger partial charge on any atom is -0.391 e. The van der Waals surface area contributed by atoms with Crippen molar-refractivity contribution >= 4 is 0 Å². The van der Waals surface area contributed by atoms with Gasteiger partial charge in [-0.1, -0.05) is 0 Å². The Kier molecular flexibility index (Phi) is 5.74. The van der Waals surface area contributed by atoms with Crippen LogP contribution in [-0.2, 0) is 18.2 Å². The Hall–Kier alpha value is -1.15. The van der Waals surface area contributed by atoms with Gasteiger partial charge in [-0.2, -0.15) is 13.9 Å². The standard InChI is InChI=1S/C11H16F4N2O2/c1-17-5-8(4-16-17)2-3-9(18)6-19-7-11(14,15)10(12)13/h4-5,9-10,18H,2-3,6-7H2,1H3. The normalized spacial score (nSPS) is 14.1. The number of aromatic nitrogens is 2. The number of hydrogen-bond acceptors (Lipinski definition) is 3. The van der Waals surface area contributed by atoms with Crippen LogP contribution in [0.3, 0.4) is 0 Å². The fraction of sp³-hybridized carbons (Fsp3) is 0.727. The van der Waals surface area contributed by atoms with Gasteiger partial charge in [0.05, 0.1) is 18.9 Å². The van der Waals surface area contributed by atoms with Gasteiger partial charge in [0.1, 0.15) is 6.61 Å². The number of nitrogens with zero attached hydrogens (tertiary/aromatic N) is 2. The summed E-state index contributed by atoms with van der Waals surface area (Å²) in [4.78, 5) is 0. The van der Waals surface area contributed by atoms with E-state index in [1.807, 2.05) is 0 Å². The van der Waals surface area contributed by atoms with Crippen LogP contribution in [-0.4, -0.2) is 46.6 Å². The van der Waals surface area contributed by atoms with Gasteiger partial charge in [0.15, 0.2) is 0 Å². The summed E-state index contributed by atoms with van der Waals surface area (Å²) in [5.41, 5.74) is 0.888. The van der Waals surface area contributed by atoms with Gasteiger partial charge in [-0.05, 0) is 18.4 Å². The third kappa shape index (κ3) is 5.56. The minimum atomic E-state index is -4.18. The average molecular weight is 284 g/mol. The van der Waals surface area contributed by atoms with Crippen LogP contribution in [0.5, 0.6) is 0 Å². The molecule has 1 N–H and O–H groups in total. The average Bonchev–Trinajstić information content (AvgIpc) is 2.72. The molecule has 1 aromatic rings. The summed E-state index contributed by atoms with van der Waals surface area (Å²) in [5.74, 6) is -4.18. The number of rotatable bonds is 8. The second-order valence-electron chi connectivity index (χ2n) is 4.29. The molecule has 0 radical (unpaired) electrons. The molecule has 0 saturated heterocycles. The van der Waals surface area contributed by atoms with E-state index >= 15 is 0 Å². The molecule has 0 fully saturated rings. The summed E-state index contributed by atoms with van der Waals surface area (Å²) in [5, 5.41) is 13.4. The molecule has 1 atom stereocenters. The van der Waals surface area contributed by atoms with Crippen LogP contribution in [0.15, 0.2) is 12.4 Å².